The molecule has 0 aromatic rings. The minimum absolute atomic E-state index is 0.352. The van der Waals surface area contributed by atoms with E-state index in [-0.39, 0.29) is 6.04 Å². The van der Waals surface area contributed by atoms with Gasteiger partial charge < -0.3 is 10.4 Å². The zero-order valence-corrected chi connectivity index (χ0v) is 7.58. The average molecular weight is 172 g/mol. The molecule has 0 spiro atoms. The molecule has 1 aliphatic heterocycles. The molecule has 2 atom stereocenters. The van der Waals surface area contributed by atoms with Crippen LogP contribution in [0.5, 0.6) is 0 Å². The molecule has 0 amide bonds. The molecule has 2 N–H and O–H groups in total. The third kappa shape index (κ3) is 2.19. The molecule has 4 nitrogen and oxygen atoms in total. The molecular weight excluding hydrogens is 156 g/mol. The highest BCUT2D eigenvalue weighted by atomic mass is 16.4. The lowest BCUT2D eigenvalue weighted by Crippen LogP contribution is -2.54. The number of carboxylic acid groups (broad SMARTS) is 1. The maximum absolute atomic E-state index is 10.6. The van der Waals surface area contributed by atoms with Crippen LogP contribution < -0.4 is 5.32 Å². The number of nitrogens with one attached hydrogen (secondary N) is 1. The van der Waals surface area contributed by atoms with Crippen molar-refractivity contribution in [3.63, 3.8) is 0 Å². The standard InChI is InChI=1S/C8H16N2O2/c1-6-5-10(4-3-9-6)7(2)8(11)12/h6-7,9H,3-5H2,1-2H3,(H,11,12)/t6-,7?/m1/s1. The summed E-state index contributed by atoms with van der Waals surface area (Å²) in [6, 6.07) is 0.0510. The van der Waals surface area contributed by atoms with Gasteiger partial charge in [-0.3, -0.25) is 9.69 Å². The predicted molar refractivity (Wildman–Crippen MR) is 46.1 cm³/mol. The summed E-state index contributed by atoms with van der Waals surface area (Å²) in [6.07, 6.45) is 0. The summed E-state index contributed by atoms with van der Waals surface area (Å²) in [5.41, 5.74) is 0. The monoisotopic (exact) mass is 172 g/mol. The van der Waals surface area contributed by atoms with E-state index in [1.54, 1.807) is 6.92 Å². The Morgan fingerprint density at radius 2 is 2.42 bits per heavy atom. The molecule has 0 aliphatic carbocycles. The largest absolute Gasteiger partial charge is 0.480 e. The van der Waals surface area contributed by atoms with Crippen LogP contribution in [-0.4, -0.2) is 47.7 Å². The van der Waals surface area contributed by atoms with Crippen molar-refractivity contribution in [1.82, 2.24) is 10.2 Å². The van der Waals surface area contributed by atoms with Crippen LogP contribution in [0.1, 0.15) is 13.8 Å². The number of hydrogen-bond donors (Lipinski definition) is 2. The van der Waals surface area contributed by atoms with E-state index in [9.17, 15) is 4.79 Å². The Kier molecular flexibility index (Phi) is 3.05. The Labute approximate surface area is 72.6 Å². The van der Waals surface area contributed by atoms with Crippen molar-refractivity contribution in [2.24, 2.45) is 0 Å². The first-order valence-electron chi connectivity index (χ1n) is 4.31. The van der Waals surface area contributed by atoms with Crippen LogP contribution in [-0.2, 0) is 4.79 Å². The molecule has 0 aromatic heterocycles. The van der Waals surface area contributed by atoms with Gasteiger partial charge in [-0.05, 0) is 13.8 Å². The first kappa shape index (κ1) is 9.48. The molecule has 1 rings (SSSR count). The molecule has 12 heavy (non-hydrogen) atoms. The minimum Gasteiger partial charge on any atom is -0.480 e. The number of rotatable bonds is 2. The topological polar surface area (TPSA) is 52.6 Å². The predicted octanol–water partition coefficient (Wildman–Crippen LogP) is -0.247. The average Bonchev–Trinajstić information content (AvgIpc) is 2.03. The van der Waals surface area contributed by atoms with Gasteiger partial charge in [-0.2, -0.15) is 0 Å². The molecule has 4 heteroatoms. The van der Waals surface area contributed by atoms with E-state index in [0.717, 1.165) is 19.6 Å². The second-order valence-corrected chi connectivity index (χ2v) is 3.36. The number of piperazine rings is 1. The molecule has 70 valence electrons. The van der Waals surface area contributed by atoms with Crippen molar-refractivity contribution >= 4 is 5.97 Å². The lowest BCUT2D eigenvalue weighted by molar-refractivity contribution is -0.143. The zero-order chi connectivity index (χ0) is 9.14. The smallest absolute Gasteiger partial charge is 0.320 e. The number of hydrogen-bond acceptors (Lipinski definition) is 3. The SMILES string of the molecule is CC(C(=O)O)N1CCN[C@H](C)C1. The first-order valence-corrected chi connectivity index (χ1v) is 4.31. The van der Waals surface area contributed by atoms with Gasteiger partial charge in [-0.15, -0.1) is 0 Å². The second-order valence-electron chi connectivity index (χ2n) is 3.36. The molecule has 1 heterocycles. The highest BCUT2D eigenvalue weighted by Gasteiger charge is 2.24. The fraction of sp³-hybridized carbons (Fsp3) is 0.875. The van der Waals surface area contributed by atoms with Gasteiger partial charge in [0.05, 0.1) is 0 Å². The van der Waals surface area contributed by atoms with Crippen LogP contribution in [0, 0.1) is 0 Å². The molecule has 0 bridgehead atoms. The molecule has 0 aromatic carbocycles. The van der Waals surface area contributed by atoms with Gasteiger partial charge in [0.2, 0.25) is 0 Å². The number of carboxylic acids is 1. The van der Waals surface area contributed by atoms with E-state index < -0.39 is 5.97 Å². The van der Waals surface area contributed by atoms with Gasteiger partial charge in [0.1, 0.15) is 6.04 Å². The Morgan fingerprint density at radius 1 is 1.75 bits per heavy atom. The minimum atomic E-state index is -0.732. The van der Waals surface area contributed by atoms with Gasteiger partial charge in [0.15, 0.2) is 0 Å². The lowest BCUT2D eigenvalue weighted by atomic mass is 10.2. The van der Waals surface area contributed by atoms with Crippen LogP contribution in [0.2, 0.25) is 0 Å². The van der Waals surface area contributed by atoms with Crippen molar-refractivity contribution in [1.29, 1.82) is 0 Å². The summed E-state index contributed by atoms with van der Waals surface area (Å²) >= 11 is 0. The normalized spacial score (nSPS) is 28.3. The van der Waals surface area contributed by atoms with E-state index in [1.165, 1.54) is 0 Å². The fourth-order valence-corrected chi connectivity index (χ4v) is 1.47. The summed E-state index contributed by atoms with van der Waals surface area (Å²) in [7, 11) is 0. The van der Waals surface area contributed by atoms with Crippen molar-refractivity contribution in [2.75, 3.05) is 19.6 Å². The van der Waals surface area contributed by atoms with Gasteiger partial charge >= 0.3 is 5.97 Å². The summed E-state index contributed by atoms with van der Waals surface area (Å²) in [4.78, 5) is 12.6. The van der Waals surface area contributed by atoms with E-state index in [1.807, 2.05) is 4.90 Å². The maximum Gasteiger partial charge on any atom is 0.320 e. The van der Waals surface area contributed by atoms with E-state index in [2.05, 4.69) is 12.2 Å². The summed E-state index contributed by atoms with van der Waals surface area (Å²) in [6.45, 7) is 6.35. The third-order valence-corrected chi connectivity index (χ3v) is 2.31. The summed E-state index contributed by atoms with van der Waals surface area (Å²) in [5.74, 6) is -0.732. The van der Waals surface area contributed by atoms with Crippen molar-refractivity contribution in [3.05, 3.63) is 0 Å². The van der Waals surface area contributed by atoms with Gasteiger partial charge in [-0.25, -0.2) is 0 Å². The van der Waals surface area contributed by atoms with Crippen molar-refractivity contribution in [3.8, 4) is 0 Å². The first-order chi connectivity index (χ1) is 5.61. The fourth-order valence-electron chi connectivity index (χ4n) is 1.47. The summed E-state index contributed by atoms with van der Waals surface area (Å²) < 4.78 is 0. The highest BCUT2D eigenvalue weighted by molar-refractivity contribution is 5.72. The molecule has 1 aliphatic rings. The quantitative estimate of drug-likeness (QED) is 0.603. The highest BCUT2D eigenvalue weighted by Crippen LogP contribution is 2.04. The Morgan fingerprint density at radius 3 is 2.92 bits per heavy atom. The Balaban J connectivity index is 2.45. The van der Waals surface area contributed by atoms with Crippen molar-refractivity contribution < 1.29 is 9.90 Å². The van der Waals surface area contributed by atoms with Gasteiger partial charge in [0, 0.05) is 25.7 Å². The zero-order valence-electron chi connectivity index (χ0n) is 7.58. The van der Waals surface area contributed by atoms with Crippen LogP contribution in [0.4, 0.5) is 0 Å². The second kappa shape index (κ2) is 3.87. The summed E-state index contributed by atoms with van der Waals surface area (Å²) in [5, 5.41) is 12.0. The molecule has 1 fully saturated rings. The molecule has 1 saturated heterocycles. The maximum atomic E-state index is 10.6. The Hall–Kier alpha value is -0.610. The van der Waals surface area contributed by atoms with E-state index >= 15 is 0 Å². The van der Waals surface area contributed by atoms with Crippen LogP contribution in [0.25, 0.3) is 0 Å². The molecule has 0 radical (unpaired) electrons. The molecule has 1 unspecified atom stereocenters. The van der Waals surface area contributed by atoms with Gasteiger partial charge in [0.25, 0.3) is 0 Å². The van der Waals surface area contributed by atoms with E-state index in [4.69, 9.17) is 5.11 Å². The van der Waals surface area contributed by atoms with E-state index in [0.29, 0.717) is 6.04 Å². The lowest BCUT2D eigenvalue weighted by Gasteiger charge is -2.34. The number of carbonyl (C=O) groups is 1. The molecule has 0 saturated carbocycles. The van der Waals surface area contributed by atoms with Crippen LogP contribution in [0.15, 0.2) is 0 Å². The Bertz CT molecular complexity index is 172. The molecular formula is C8H16N2O2. The third-order valence-electron chi connectivity index (χ3n) is 2.31. The van der Waals surface area contributed by atoms with Crippen LogP contribution >= 0.6 is 0 Å². The van der Waals surface area contributed by atoms with Gasteiger partial charge in [-0.1, -0.05) is 0 Å². The number of nitrogens with zero attached hydrogens (tertiary/aromatic N) is 1. The number of aliphatic carboxylic acids is 1. The van der Waals surface area contributed by atoms with Crippen molar-refractivity contribution in [2.45, 2.75) is 25.9 Å². The van der Waals surface area contributed by atoms with Crippen LogP contribution in [0.3, 0.4) is 0 Å².